The molecule has 25 heavy (non-hydrogen) atoms. The van der Waals surface area contributed by atoms with Crippen LogP contribution in [0.25, 0.3) is 0 Å². The first kappa shape index (κ1) is 17.9. The lowest BCUT2D eigenvalue weighted by atomic mass is 10.1. The molecule has 2 atom stereocenters. The van der Waals surface area contributed by atoms with Crippen LogP contribution in [-0.4, -0.2) is 52.8 Å². The molecule has 1 aromatic heterocycles. The van der Waals surface area contributed by atoms with Crippen molar-refractivity contribution < 1.29 is 13.9 Å². The Morgan fingerprint density at radius 3 is 2.84 bits per heavy atom. The zero-order valence-corrected chi connectivity index (χ0v) is 15.1. The van der Waals surface area contributed by atoms with Gasteiger partial charge in [0.1, 0.15) is 10.8 Å². The molecule has 8 heteroatoms. The van der Waals surface area contributed by atoms with E-state index in [4.69, 9.17) is 4.74 Å². The SMILES string of the molecule is CC1CN(CC(=O)Nc2nnc(Cc3cccc(F)c3)s2)CC(C)O1. The second-order valence-corrected chi connectivity index (χ2v) is 7.37. The molecule has 0 radical (unpaired) electrons. The van der Waals surface area contributed by atoms with Crippen LogP contribution in [0.1, 0.15) is 24.4 Å². The maximum Gasteiger partial charge on any atom is 0.240 e. The summed E-state index contributed by atoms with van der Waals surface area (Å²) < 4.78 is 18.9. The quantitative estimate of drug-likeness (QED) is 0.882. The van der Waals surface area contributed by atoms with E-state index in [-0.39, 0.29) is 23.9 Å². The monoisotopic (exact) mass is 364 g/mol. The Morgan fingerprint density at radius 2 is 2.12 bits per heavy atom. The predicted molar refractivity (Wildman–Crippen MR) is 94.2 cm³/mol. The summed E-state index contributed by atoms with van der Waals surface area (Å²) in [6.07, 6.45) is 0.732. The van der Waals surface area contributed by atoms with E-state index in [9.17, 15) is 9.18 Å². The van der Waals surface area contributed by atoms with Crippen LogP contribution >= 0.6 is 11.3 Å². The van der Waals surface area contributed by atoms with E-state index in [1.54, 1.807) is 6.07 Å². The lowest BCUT2D eigenvalue weighted by molar-refractivity contribution is -0.121. The Kier molecular flexibility index (Phi) is 5.72. The Balaban J connectivity index is 1.53. The fourth-order valence-electron chi connectivity index (χ4n) is 2.97. The van der Waals surface area contributed by atoms with Gasteiger partial charge in [0.15, 0.2) is 0 Å². The Hall–Kier alpha value is -1.90. The van der Waals surface area contributed by atoms with E-state index in [2.05, 4.69) is 20.4 Å². The average Bonchev–Trinajstić information content (AvgIpc) is 2.92. The Morgan fingerprint density at radius 1 is 1.36 bits per heavy atom. The highest BCUT2D eigenvalue weighted by Crippen LogP contribution is 2.19. The Labute approximate surface area is 150 Å². The molecular formula is C17H21FN4O2S. The van der Waals surface area contributed by atoms with Crippen molar-refractivity contribution in [2.24, 2.45) is 0 Å². The largest absolute Gasteiger partial charge is 0.373 e. The van der Waals surface area contributed by atoms with E-state index in [0.717, 1.165) is 23.7 Å². The number of rotatable bonds is 5. The number of hydrogen-bond donors (Lipinski definition) is 1. The van der Waals surface area contributed by atoms with Crippen LogP contribution in [0.4, 0.5) is 9.52 Å². The summed E-state index contributed by atoms with van der Waals surface area (Å²) in [5.41, 5.74) is 0.824. The van der Waals surface area contributed by atoms with Crippen molar-refractivity contribution in [1.29, 1.82) is 0 Å². The van der Waals surface area contributed by atoms with Gasteiger partial charge in [0, 0.05) is 19.5 Å². The number of amides is 1. The van der Waals surface area contributed by atoms with Crippen molar-refractivity contribution in [3.05, 3.63) is 40.7 Å². The number of carbonyl (C=O) groups excluding carboxylic acids is 1. The fraction of sp³-hybridized carbons (Fsp3) is 0.471. The molecule has 0 bridgehead atoms. The summed E-state index contributed by atoms with van der Waals surface area (Å²) in [5, 5.41) is 12.0. The van der Waals surface area contributed by atoms with Gasteiger partial charge < -0.3 is 4.74 Å². The standard InChI is InChI=1S/C17H21FN4O2S/c1-11-8-22(9-12(2)24-11)10-15(23)19-17-21-20-16(25-17)7-13-4-3-5-14(18)6-13/h3-6,11-12H,7-10H2,1-2H3,(H,19,21,23). The molecule has 0 aliphatic carbocycles. The van der Waals surface area contributed by atoms with Gasteiger partial charge in [-0.1, -0.05) is 23.5 Å². The Bertz CT molecular complexity index is 729. The van der Waals surface area contributed by atoms with Crippen LogP contribution in [0.5, 0.6) is 0 Å². The third kappa shape index (κ3) is 5.29. The van der Waals surface area contributed by atoms with Crippen molar-refractivity contribution >= 4 is 22.4 Å². The maximum absolute atomic E-state index is 13.2. The molecule has 2 unspecified atom stereocenters. The highest BCUT2D eigenvalue weighted by atomic mass is 32.1. The molecule has 6 nitrogen and oxygen atoms in total. The van der Waals surface area contributed by atoms with Crippen LogP contribution < -0.4 is 5.32 Å². The maximum atomic E-state index is 13.2. The van der Waals surface area contributed by atoms with Crippen LogP contribution in [0.15, 0.2) is 24.3 Å². The number of hydrogen-bond acceptors (Lipinski definition) is 6. The lowest BCUT2D eigenvalue weighted by Crippen LogP contribution is -2.48. The minimum absolute atomic E-state index is 0.116. The van der Waals surface area contributed by atoms with E-state index in [0.29, 0.717) is 18.1 Å². The summed E-state index contributed by atoms with van der Waals surface area (Å²) in [5.74, 6) is -0.390. The van der Waals surface area contributed by atoms with Gasteiger partial charge >= 0.3 is 0 Å². The molecule has 0 spiro atoms. The van der Waals surface area contributed by atoms with Crippen molar-refractivity contribution in [1.82, 2.24) is 15.1 Å². The molecular weight excluding hydrogens is 343 g/mol. The summed E-state index contributed by atoms with van der Waals surface area (Å²) in [4.78, 5) is 14.3. The molecule has 1 aliphatic rings. The number of ether oxygens (including phenoxy) is 1. The van der Waals surface area contributed by atoms with E-state index >= 15 is 0 Å². The second kappa shape index (κ2) is 7.99. The van der Waals surface area contributed by atoms with Gasteiger partial charge in [-0.3, -0.25) is 15.0 Å². The topological polar surface area (TPSA) is 67.4 Å². The molecule has 2 heterocycles. The van der Waals surface area contributed by atoms with Crippen molar-refractivity contribution in [3.63, 3.8) is 0 Å². The van der Waals surface area contributed by atoms with Gasteiger partial charge in [0.2, 0.25) is 11.0 Å². The summed E-state index contributed by atoms with van der Waals surface area (Å²) in [7, 11) is 0. The number of benzene rings is 1. The first-order chi connectivity index (χ1) is 12.0. The van der Waals surface area contributed by atoms with Crippen molar-refractivity contribution in [3.8, 4) is 0 Å². The van der Waals surface area contributed by atoms with Crippen LogP contribution in [0.3, 0.4) is 0 Å². The fourth-order valence-corrected chi connectivity index (χ4v) is 3.76. The third-order valence-corrected chi connectivity index (χ3v) is 4.66. The predicted octanol–water partition coefficient (Wildman–Crippen LogP) is 2.32. The summed E-state index contributed by atoms with van der Waals surface area (Å²) in [6, 6.07) is 6.38. The highest BCUT2D eigenvalue weighted by molar-refractivity contribution is 7.15. The number of morpholine rings is 1. The summed E-state index contributed by atoms with van der Waals surface area (Å²) in [6.45, 7) is 5.78. The molecule has 1 saturated heterocycles. The highest BCUT2D eigenvalue weighted by Gasteiger charge is 2.24. The van der Waals surface area contributed by atoms with Gasteiger partial charge in [0.05, 0.1) is 18.8 Å². The number of halogens is 1. The van der Waals surface area contributed by atoms with E-state index < -0.39 is 0 Å². The van der Waals surface area contributed by atoms with Gasteiger partial charge in [-0.25, -0.2) is 4.39 Å². The molecule has 1 aromatic carbocycles. The molecule has 3 rings (SSSR count). The molecule has 1 fully saturated rings. The van der Waals surface area contributed by atoms with Crippen LogP contribution in [0, 0.1) is 5.82 Å². The van der Waals surface area contributed by atoms with Crippen LogP contribution in [0.2, 0.25) is 0 Å². The zero-order chi connectivity index (χ0) is 17.8. The van der Waals surface area contributed by atoms with Gasteiger partial charge in [-0.05, 0) is 31.5 Å². The zero-order valence-electron chi connectivity index (χ0n) is 14.2. The van der Waals surface area contributed by atoms with E-state index in [1.165, 1.54) is 23.5 Å². The molecule has 0 saturated carbocycles. The third-order valence-electron chi connectivity index (χ3n) is 3.82. The number of nitrogens with zero attached hydrogens (tertiary/aromatic N) is 3. The number of carbonyl (C=O) groups is 1. The van der Waals surface area contributed by atoms with Gasteiger partial charge in [-0.15, -0.1) is 10.2 Å². The smallest absolute Gasteiger partial charge is 0.240 e. The normalized spacial score (nSPS) is 21.2. The first-order valence-electron chi connectivity index (χ1n) is 8.22. The average molecular weight is 364 g/mol. The summed E-state index contributed by atoms with van der Waals surface area (Å²) >= 11 is 1.31. The first-order valence-corrected chi connectivity index (χ1v) is 9.04. The molecule has 2 aromatic rings. The van der Waals surface area contributed by atoms with Gasteiger partial charge in [0.25, 0.3) is 0 Å². The molecule has 1 N–H and O–H groups in total. The number of nitrogens with one attached hydrogen (secondary N) is 1. The van der Waals surface area contributed by atoms with Crippen molar-refractivity contribution in [2.45, 2.75) is 32.5 Å². The molecule has 1 aliphatic heterocycles. The minimum atomic E-state index is -0.274. The molecule has 1 amide bonds. The van der Waals surface area contributed by atoms with Gasteiger partial charge in [-0.2, -0.15) is 0 Å². The lowest BCUT2D eigenvalue weighted by Gasteiger charge is -2.34. The minimum Gasteiger partial charge on any atom is -0.373 e. The second-order valence-electron chi connectivity index (χ2n) is 6.31. The molecule has 134 valence electrons. The van der Waals surface area contributed by atoms with Crippen molar-refractivity contribution in [2.75, 3.05) is 25.0 Å². The van der Waals surface area contributed by atoms with E-state index in [1.807, 2.05) is 19.9 Å². The number of aromatic nitrogens is 2. The number of anilines is 1. The van der Waals surface area contributed by atoms with Crippen LogP contribution in [-0.2, 0) is 16.0 Å².